The third-order valence-electron chi connectivity index (χ3n) is 4.42. The largest absolute Gasteiger partial charge is 0.573 e. The lowest BCUT2D eigenvalue weighted by Gasteiger charge is -2.13. The van der Waals surface area contributed by atoms with E-state index in [2.05, 4.69) is 20.1 Å². The van der Waals surface area contributed by atoms with Gasteiger partial charge in [-0.15, -0.1) is 13.2 Å². The van der Waals surface area contributed by atoms with Crippen molar-refractivity contribution in [2.24, 2.45) is 7.05 Å². The number of alkyl halides is 3. The molecule has 10 heteroatoms. The first kappa shape index (κ1) is 21.9. The zero-order valence-electron chi connectivity index (χ0n) is 17.2. The number of anilines is 1. The maximum Gasteiger partial charge on any atom is 0.573 e. The number of aromatic nitrogens is 3. The number of nitrogens with zero attached hydrogens (tertiary/aromatic N) is 3. The summed E-state index contributed by atoms with van der Waals surface area (Å²) in [4.78, 5) is 16.9. The van der Waals surface area contributed by atoms with E-state index >= 15 is 0 Å². The second-order valence-corrected chi connectivity index (χ2v) is 6.91. The number of nitrogens with one attached hydrogen (secondary N) is 1. The molecule has 2 aromatic heterocycles. The second kappa shape index (κ2) is 9.03. The Labute approximate surface area is 186 Å². The molecule has 168 valence electrons. The van der Waals surface area contributed by atoms with Crippen molar-refractivity contribution in [1.82, 2.24) is 14.8 Å². The Morgan fingerprint density at radius 1 is 1.03 bits per heavy atom. The normalized spacial score (nSPS) is 11.2. The molecular weight excluding hydrogens is 437 g/mol. The van der Waals surface area contributed by atoms with Crippen LogP contribution in [-0.4, -0.2) is 27.0 Å². The predicted molar refractivity (Wildman–Crippen MR) is 114 cm³/mol. The molecule has 0 unspecified atom stereocenters. The fourth-order valence-corrected chi connectivity index (χ4v) is 3.03. The average molecular weight is 454 g/mol. The Kier molecular flexibility index (Phi) is 5.99. The van der Waals surface area contributed by atoms with Crippen molar-refractivity contribution < 1.29 is 27.4 Å². The van der Waals surface area contributed by atoms with Crippen LogP contribution in [-0.2, 0) is 7.05 Å². The van der Waals surface area contributed by atoms with E-state index in [1.807, 2.05) is 6.20 Å². The molecule has 0 fully saturated rings. The number of hydrogen-bond donors (Lipinski definition) is 1. The number of pyridine rings is 1. The summed E-state index contributed by atoms with van der Waals surface area (Å²) in [7, 11) is 1.80. The van der Waals surface area contributed by atoms with Gasteiger partial charge in [-0.25, -0.2) is 0 Å². The first-order valence-electron chi connectivity index (χ1n) is 9.66. The van der Waals surface area contributed by atoms with E-state index < -0.39 is 18.0 Å². The number of para-hydroxylation sites is 1. The molecule has 0 atom stereocenters. The molecule has 2 aromatic carbocycles. The van der Waals surface area contributed by atoms with Gasteiger partial charge in [0.1, 0.15) is 17.2 Å². The summed E-state index contributed by atoms with van der Waals surface area (Å²) in [6, 6.07) is 15.0. The standard InChI is InChI=1S/C23H17F3N4O3/c1-30-14-15(13-28-30)20-12-18(9-10-27-20)32-17-6-4-5-16(11-17)29-22(31)19-7-2-3-8-21(19)33-23(24,25)26/h2-14H,1H3,(H,29,31). The molecule has 4 rings (SSSR count). The van der Waals surface area contributed by atoms with Gasteiger partial charge in [0.25, 0.3) is 5.91 Å². The maximum absolute atomic E-state index is 12.6. The Hall–Kier alpha value is -4.34. The van der Waals surface area contributed by atoms with Gasteiger partial charge in [0.05, 0.1) is 17.5 Å². The number of carbonyl (C=O) groups is 1. The van der Waals surface area contributed by atoms with Crippen molar-refractivity contribution >= 4 is 11.6 Å². The van der Waals surface area contributed by atoms with E-state index in [4.69, 9.17) is 4.74 Å². The molecule has 0 aliphatic heterocycles. The highest BCUT2D eigenvalue weighted by Crippen LogP contribution is 2.29. The molecule has 4 aromatic rings. The van der Waals surface area contributed by atoms with Crippen LogP contribution in [0.2, 0.25) is 0 Å². The summed E-state index contributed by atoms with van der Waals surface area (Å²) in [5.41, 5.74) is 1.58. The maximum atomic E-state index is 12.6. The van der Waals surface area contributed by atoms with Crippen LogP contribution in [0.4, 0.5) is 18.9 Å². The summed E-state index contributed by atoms with van der Waals surface area (Å²) >= 11 is 0. The highest BCUT2D eigenvalue weighted by Gasteiger charge is 2.32. The number of rotatable bonds is 6. The third kappa shape index (κ3) is 5.67. The molecule has 0 aliphatic rings. The zero-order valence-corrected chi connectivity index (χ0v) is 17.2. The molecule has 0 saturated carbocycles. The van der Waals surface area contributed by atoms with Crippen molar-refractivity contribution in [2.45, 2.75) is 6.36 Å². The smallest absolute Gasteiger partial charge is 0.457 e. The molecule has 0 radical (unpaired) electrons. The van der Waals surface area contributed by atoms with Crippen LogP contribution in [0.15, 0.2) is 79.3 Å². The van der Waals surface area contributed by atoms with Gasteiger partial charge in [-0.1, -0.05) is 18.2 Å². The number of ether oxygens (including phenoxy) is 2. The highest BCUT2D eigenvalue weighted by molar-refractivity contribution is 6.06. The van der Waals surface area contributed by atoms with Crippen LogP contribution in [0.1, 0.15) is 10.4 Å². The molecule has 0 saturated heterocycles. The fourth-order valence-electron chi connectivity index (χ4n) is 3.03. The van der Waals surface area contributed by atoms with Crippen molar-refractivity contribution in [1.29, 1.82) is 0 Å². The number of hydrogen-bond acceptors (Lipinski definition) is 5. The first-order valence-corrected chi connectivity index (χ1v) is 9.66. The Morgan fingerprint density at radius 3 is 2.58 bits per heavy atom. The number of benzene rings is 2. The topological polar surface area (TPSA) is 78.3 Å². The van der Waals surface area contributed by atoms with E-state index in [1.165, 1.54) is 18.2 Å². The van der Waals surface area contributed by atoms with Crippen LogP contribution >= 0.6 is 0 Å². The SMILES string of the molecule is Cn1cc(-c2cc(Oc3cccc(NC(=O)c4ccccc4OC(F)(F)F)c3)ccn2)cn1. The average Bonchev–Trinajstić information content (AvgIpc) is 3.20. The lowest BCUT2D eigenvalue weighted by molar-refractivity contribution is -0.274. The molecule has 1 N–H and O–H groups in total. The molecule has 0 bridgehead atoms. The van der Waals surface area contributed by atoms with Gasteiger partial charge < -0.3 is 14.8 Å². The van der Waals surface area contributed by atoms with Crippen LogP contribution in [0.5, 0.6) is 17.2 Å². The van der Waals surface area contributed by atoms with Gasteiger partial charge >= 0.3 is 6.36 Å². The van der Waals surface area contributed by atoms with E-state index in [1.54, 1.807) is 60.5 Å². The van der Waals surface area contributed by atoms with Crippen LogP contribution in [0.25, 0.3) is 11.3 Å². The van der Waals surface area contributed by atoms with Crippen LogP contribution in [0.3, 0.4) is 0 Å². The van der Waals surface area contributed by atoms with Gasteiger partial charge in [0.2, 0.25) is 0 Å². The van der Waals surface area contributed by atoms with Gasteiger partial charge in [-0.2, -0.15) is 5.10 Å². The predicted octanol–water partition coefficient (Wildman–Crippen LogP) is 5.43. The van der Waals surface area contributed by atoms with E-state index in [-0.39, 0.29) is 5.56 Å². The summed E-state index contributed by atoms with van der Waals surface area (Å²) in [6.45, 7) is 0. The van der Waals surface area contributed by atoms with Crippen molar-refractivity contribution in [3.63, 3.8) is 0 Å². The minimum absolute atomic E-state index is 0.253. The Balaban J connectivity index is 1.50. The van der Waals surface area contributed by atoms with Crippen LogP contribution < -0.4 is 14.8 Å². The quantitative estimate of drug-likeness (QED) is 0.421. The molecule has 0 aliphatic carbocycles. The van der Waals surface area contributed by atoms with Gasteiger partial charge in [-0.3, -0.25) is 14.5 Å². The van der Waals surface area contributed by atoms with Crippen molar-refractivity contribution in [3.8, 4) is 28.5 Å². The van der Waals surface area contributed by atoms with Crippen molar-refractivity contribution in [2.75, 3.05) is 5.32 Å². The zero-order chi connectivity index (χ0) is 23.4. The summed E-state index contributed by atoms with van der Waals surface area (Å²) in [6.07, 6.45) is 0.190. The van der Waals surface area contributed by atoms with E-state index in [0.717, 1.165) is 11.6 Å². The van der Waals surface area contributed by atoms with E-state index in [0.29, 0.717) is 22.9 Å². The molecular formula is C23H17F3N4O3. The molecule has 7 nitrogen and oxygen atoms in total. The fraction of sp³-hybridized carbons (Fsp3) is 0.0870. The summed E-state index contributed by atoms with van der Waals surface area (Å²) in [5, 5.41) is 6.68. The number of halogens is 3. The number of carbonyl (C=O) groups excluding carboxylic acids is 1. The first-order chi connectivity index (χ1) is 15.8. The highest BCUT2D eigenvalue weighted by atomic mass is 19.4. The van der Waals surface area contributed by atoms with Gasteiger partial charge in [0.15, 0.2) is 0 Å². The monoisotopic (exact) mass is 454 g/mol. The van der Waals surface area contributed by atoms with Crippen molar-refractivity contribution in [3.05, 3.63) is 84.8 Å². The molecule has 1 amide bonds. The third-order valence-corrected chi connectivity index (χ3v) is 4.42. The molecule has 2 heterocycles. The summed E-state index contributed by atoms with van der Waals surface area (Å²) < 4.78 is 49.4. The second-order valence-electron chi connectivity index (χ2n) is 6.91. The lowest BCUT2D eigenvalue weighted by atomic mass is 10.2. The van der Waals surface area contributed by atoms with Crippen LogP contribution in [0, 0.1) is 0 Å². The number of aryl methyl sites for hydroxylation is 1. The lowest BCUT2D eigenvalue weighted by Crippen LogP contribution is -2.20. The minimum Gasteiger partial charge on any atom is -0.457 e. The Bertz CT molecular complexity index is 1290. The molecule has 33 heavy (non-hydrogen) atoms. The van der Waals surface area contributed by atoms with Gasteiger partial charge in [0, 0.05) is 42.8 Å². The Morgan fingerprint density at radius 2 is 1.82 bits per heavy atom. The van der Waals surface area contributed by atoms with E-state index in [9.17, 15) is 18.0 Å². The molecule has 0 spiro atoms. The van der Waals surface area contributed by atoms with Gasteiger partial charge in [-0.05, 0) is 30.3 Å². The number of amides is 1. The minimum atomic E-state index is -4.91. The summed E-state index contributed by atoms with van der Waals surface area (Å²) in [5.74, 6) is -0.420.